The Morgan fingerprint density at radius 3 is 2.94 bits per heavy atom. The summed E-state index contributed by atoms with van der Waals surface area (Å²) in [7, 11) is 0. The fraction of sp³-hybridized carbons (Fsp3) is 0.308. The van der Waals surface area contributed by atoms with Gasteiger partial charge in [-0.25, -0.2) is 0 Å². The van der Waals surface area contributed by atoms with Crippen LogP contribution in [0, 0.1) is 0 Å². The molecule has 1 aliphatic heterocycles. The van der Waals surface area contributed by atoms with Gasteiger partial charge in [-0.05, 0) is 67.6 Å². The number of nitrogens with one attached hydrogen (secondary N) is 1. The minimum Gasteiger partial charge on any atom is -0.349 e. The van der Waals surface area contributed by atoms with E-state index in [4.69, 9.17) is 0 Å². The highest BCUT2D eigenvalue weighted by Gasteiger charge is 2.30. The van der Waals surface area contributed by atoms with Crippen molar-refractivity contribution >= 4 is 38.2 Å². The predicted octanol–water partition coefficient (Wildman–Crippen LogP) is 5.58. The van der Waals surface area contributed by atoms with Crippen molar-refractivity contribution in [2.75, 3.05) is 13.1 Å². The Balaban J connectivity index is 1.40. The lowest BCUT2D eigenvalue weighted by Crippen LogP contribution is -2.30. The lowest BCUT2D eigenvalue weighted by Gasteiger charge is -2.17. The average molecular weight is 430 g/mol. The van der Waals surface area contributed by atoms with Crippen LogP contribution in [0.25, 0.3) is 21.0 Å². The fourth-order valence-electron chi connectivity index (χ4n) is 4.66. The van der Waals surface area contributed by atoms with Gasteiger partial charge >= 0.3 is 0 Å². The van der Waals surface area contributed by atoms with Gasteiger partial charge in [0.2, 0.25) is 0 Å². The Bertz CT molecular complexity index is 1250. The minimum atomic E-state index is 0.0617. The maximum absolute atomic E-state index is 13.0. The number of rotatable bonds is 5. The standard InChI is InChI=1S/C26H27N3OS/c1-17(2)28-26(30)25-24(21-7-3-4-8-23(21)31-25)20-11-13-29(16-20)15-18-9-10-22-19(14-18)6-5-12-27-22/h3-10,12,14,17,20H,11,13,15-16H2,1-2H3,(H,28,30)/t20-/m1/s1. The predicted molar refractivity (Wildman–Crippen MR) is 129 cm³/mol. The van der Waals surface area contributed by atoms with Crippen LogP contribution in [-0.4, -0.2) is 34.9 Å². The van der Waals surface area contributed by atoms with Gasteiger partial charge in [0.15, 0.2) is 0 Å². The molecule has 1 aliphatic rings. The van der Waals surface area contributed by atoms with E-state index < -0.39 is 0 Å². The summed E-state index contributed by atoms with van der Waals surface area (Å²) in [5, 5.41) is 5.53. The van der Waals surface area contributed by atoms with E-state index in [9.17, 15) is 4.79 Å². The van der Waals surface area contributed by atoms with E-state index >= 15 is 0 Å². The van der Waals surface area contributed by atoms with Crippen LogP contribution >= 0.6 is 11.3 Å². The molecule has 0 saturated carbocycles. The molecule has 2 aromatic heterocycles. The molecule has 5 heteroatoms. The fourth-order valence-corrected chi connectivity index (χ4v) is 5.85. The summed E-state index contributed by atoms with van der Waals surface area (Å²) in [4.78, 5) is 20.8. The van der Waals surface area contributed by atoms with Gasteiger partial charge in [-0.15, -0.1) is 11.3 Å². The van der Waals surface area contributed by atoms with Gasteiger partial charge < -0.3 is 5.32 Å². The van der Waals surface area contributed by atoms with Crippen molar-refractivity contribution in [1.29, 1.82) is 0 Å². The van der Waals surface area contributed by atoms with Gasteiger partial charge in [0.05, 0.1) is 10.4 Å². The van der Waals surface area contributed by atoms with Crippen LogP contribution < -0.4 is 5.32 Å². The molecule has 158 valence electrons. The number of pyridine rings is 1. The number of carbonyl (C=O) groups is 1. The normalized spacial score (nSPS) is 17.1. The summed E-state index contributed by atoms with van der Waals surface area (Å²) in [5.41, 5.74) is 3.59. The summed E-state index contributed by atoms with van der Waals surface area (Å²) >= 11 is 1.63. The maximum Gasteiger partial charge on any atom is 0.261 e. The molecule has 4 aromatic rings. The number of benzene rings is 2. The van der Waals surface area contributed by atoms with Gasteiger partial charge in [-0.1, -0.05) is 30.3 Å². The molecule has 0 bridgehead atoms. The Morgan fingerprint density at radius 2 is 2.06 bits per heavy atom. The second kappa shape index (κ2) is 8.40. The highest BCUT2D eigenvalue weighted by Crippen LogP contribution is 2.40. The molecule has 2 aromatic carbocycles. The van der Waals surface area contributed by atoms with E-state index in [0.29, 0.717) is 5.92 Å². The molecule has 0 unspecified atom stereocenters. The number of amides is 1. The van der Waals surface area contributed by atoms with Crippen LogP contribution in [0.4, 0.5) is 0 Å². The monoisotopic (exact) mass is 429 g/mol. The molecule has 4 nitrogen and oxygen atoms in total. The van der Waals surface area contributed by atoms with Gasteiger partial charge in [0.25, 0.3) is 5.91 Å². The van der Waals surface area contributed by atoms with Crippen LogP contribution in [0.3, 0.4) is 0 Å². The summed E-state index contributed by atoms with van der Waals surface area (Å²) in [6.07, 6.45) is 2.92. The molecule has 1 amide bonds. The zero-order valence-corrected chi connectivity index (χ0v) is 18.8. The number of fused-ring (bicyclic) bond motifs is 2. The first kappa shape index (κ1) is 20.2. The van der Waals surface area contributed by atoms with Gasteiger partial charge in [0, 0.05) is 41.3 Å². The van der Waals surface area contributed by atoms with Crippen LogP contribution in [0.1, 0.15) is 47.0 Å². The second-order valence-electron chi connectivity index (χ2n) is 8.72. The second-order valence-corrected chi connectivity index (χ2v) is 9.77. The van der Waals surface area contributed by atoms with E-state index in [-0.39, 0.29) is 11.9 Å². The van der Waals surface area contributed by atoms with Gasteiger partial charge in [-0.3, -0.25) is 14.7 Å². The quantitative estimate of drug-likeness (QED) is 0.451. The van der Waals surface area contributed by atoms with Gasteiger partial charge in [-0.2, -0.15) is 0 Å². The van der Waals surface area contributed by atoms with Crippen molar-refractivity contribution < 1.29 is 4.79 Å². The number of hydrogen-bond acceptors (Lipinski definition) is 4. The zero-order chi connectivity index (χ0) is 21.4. The van der Waals surface area contributed by atoms with Crippen LogP contribution in [-0.2, 0) is 6.54 Å². The van der Waals surface area contributed by atoms with E-state index in [1.54, 1.807) is 11.3 Å². The van der Waals surface area contributed by atoms with E-state index in [1.807, 2.05) is 26.1 Å². The largest absolute Gasteiger partial charge is 0.349 e. The number of carbonyl (C=O) groups excluding carboxylic acids is 1. The molecule has 1 N–H and O–H groups in total. The van der Waals surface area contributed by atoms with Crippen LogP contribution in [0.2, 0.25) is 0 Å². The summed E-state index contributed by atoms with van der Waals surface area (Å²) in [6.45, 7) is 6.98. The highest BCUT2D eigenvalue weighted by atomic mass is 32.1. The van der Waals surface area contributed by atoms with E-state index in [0.717, 1.165) is 36.4 Å². The SMILES string of the molecule is CC(C)NC(=O)c1sc2ccccc2c1[C@@H]1CCN(Cc2ccc3ncccc3c2)C1. The van der Waals surface area contributed by atoms with Crippen molar-refractivity contribution in [3.8, 4) is 0 Å². The van der Waals surface area contributed by atoms with Crippen molar-refractivity contribution in [3.63, 3.8) is 0 Å². The van der Waals surface area contributed by atoms with E-state index in [2.05, 4.69) is 63.7 Å². The first-order valence-electron chi connectivity index (χ1n) is 11.0. The first-order valence-corrected chi connectivity index (χ1v) is 11.8. The number of nitrogens with zero attached hydrogens (tertiary/aromatic N) is 2. The van der Waals surface area contributed by atoms with Crippen molar-refractivity contribution in [3.05, 3.63) is 76.8 Å². The molecule has 1 atom stereocenters. The van der Waals surface area contributed by atoms with Crippen molar-refractivity contribution in [1.82, 2.24) is 15.2 Å². The number of aromatic nitrogens is 1. The molecule has 3 heterocycles. The molecule has 1 fully saturated rings. The highest BCUT2D eigenvalue weighted by molar-refractivity contribution is 7.21. The van der Waals surface area contributed by atoms with Gasteiger partial charge in [0.1, 0.15) is 0 Å². The molecule has 31 heavy (non-hydrogen) atoms. The number of likely N-dealkylation sites (tertiary alicyclic amines) is 1. The van der Waals surface area contributed by atoms with Crippen LogP contribution in [0.15, 0.2) is 60.8 Å². The number of thiophene rings is 1. The lowest BCUT2D eigenvalue weighted by molar-refractivity contribution is 0.0946. The summed E-state index contributed by atoms with van der Waals surface area (Å²) in [5.74, 6) is 0.442. The Morgan fingerprint density at radius 1 is 1.19 bits per heavy atom. The van der Waals surface area contributed by atoms with Crippen molar-refractivity contribution in [2.45, 2.75) is 38.8 Å². The zero-order valence-electron chi connectivity index (χ0n) is 18.0. The summed E-state index contributed by atoms with van der Waals surface area (Å²) in [6, 6.07) is 19.2. The minimum absolute atomic E-state index is 0.0617. The lowest BCUT2D eigenvalue weighted by atomic mass is 9.95. The molecule has 0 aliphatic carbocycles. The van der Waals surface area contributed by atoms with Crippen LogP contribution in [0.5, 0.6) is 0 Å². The Kier molecular flexibility index (Phi) is 5.47. The molecule has 1 saturated heterocycles. The molecular formula is C26H27N3OS. The average Bonchev–Trinajstić information content (AvgIpc) is 3.37. The molecule has 5 rings (SSSR count). The maximum atomic E-state index is 13.0. The third-order valence-electron chi connectivity index (χ3n) is 6.01. The summed E-state index contributed by atoms with van der Waals surface area (Å²) < 4.78 is 1.20. The van der Waals surface area contributed by atoms with Crippen molar-refractivity contribution in [2.24, 2.45) is 0 Å². The Labute approximate surface area is 186 Å². The van der Waals surface area contributed by atoms with E-state index in [1.165, 1.54) is 26.6 Å². The third kappa shape index (κ3) is 4.08. The number of hydrogen-bond donors (Lipinski definition) is 1. The third-order valence-corrected chi connectivity index (χ3v) is 7.20. The molecule has 0 spiro atoms. The molecule has 0 radical (unpaired) electrons. The molecular weight excluding hydrogens is 402 g/mol. The smallest absolute Gasteiger partial charge is 0.261 e. The topological polar surface area (TPSA) is 45.2 Å². The Hall–Kier alpha value is -2.76. The first-order chi connectivity index (χ1) is 15.1.